The van der Waals surface area contributed by atoms with Gasteiger partial charge in [0.2, 0.25) is 0 Å². The summed E-state index contributed by atoms with van der Waals surface area (Å²) in [5.74, 6) is 1.79. The number of hydrogen-bond acceptors (Lipinski definition) is 5. The molecule has 1 amide bonds. The zero-order chi connectivity index (χ0) is 16.7. The average molecular weight is 387 g/mol. The maximum Gasteiger partial charge on any atom is 0.256 e. The van der Waals surface area contributed by atoms with Crippen LogP contribution in [0.1, 0.15) is 12.8 Å². The van der Waals surface area contributed by atoms with E-state index in [4.69, 9.17) is 0 Å². The summed E-state index contributed by atoms with van der Waals surface area (Å²) in [5.41, 5.74) is 0.610. The van der Waals surface area contributed by atoms with E-state index >= 15 is 0 Å². The lowest BCUT2D eigenvalue weighted by Crippen LogP contribution is -2.39. The molecule has 0 unspecified atom stereocenters. The van der Waals surface area contributed by atoms with Gasteiger partial charge in [0, 0.05) is 25.8 Å². The van der Waals surface area contributed by atoms with Crippen LogP contribution in [-0.4, -0.2) is 68.4 Å². The molecule has 7 nitrogen and oxygen atoms in total. The monoisotopic (exact) mass is 386 g/mol. The Kier molecular flexibility index (Phi) is 5.22. The van der Waals surface area contributed by atoms with Crippen molar-refractivity contribution in [2.24, 2.45) is 16.2 Å². The Hall–Kier alpha value is -1.38. The molecule has 2 fully saturated rings. The molecule has 2 saturated heterocycles. The van der Waals surface area contributed by atoms with Crippen LogP contribution in [0.25, 0.3) is 0 Å². The van der Waals surface area contributed by atoms with Crippen LogP contribution < -0.4 is 5.32 Å². The van der Waals surface area contributed by atoms with Crippen LogP contribution in [-0.2, 0) is 14.8 Å². The molecule has 0 aromatic heterocycles. The first-order valence-electron chi connectivity index (χ1n) is 8.51. The van der Waals surface area contributed by atoms with Crippen molar-refractivity contribution >= 4 is 34.2 Å². The van der Waals surface area contributed by atoms with Gasteiger partial charge in [-0.2, -0.15) is 0 Å². The van der Waals surface area contributed by atoms with Crippen LogP contribution in [0.3, 0.4) is 0 Å². The number of nitrogens with one attached hydrogen (secondary N) is 1. The van der Waals surface area contributed by atoms with Crippen LogP contribution in [0.5, 0.6) is 0 Å². The zero-order valence-corrected chi connectivity index (χ0v) is 15.6. The molecule has 4 aliphatic heterocycles. The van der Waals surface area contributed by atoms with Crippen molar-refractivity contribution in [3.8, 4) is 0 Å². The minimum absolute atomic E-state index is 0. The number of likely N-dealkylation sites (tertiary alicyclic amines) is 1. The van der Waals surface area contributed by atoms with Gasteiger partial charge in [-0.15, -0.1) is 16.8 Å². The highest BCUT2D eigenvalue weighted by molar-refractivity contribution is 7.90. The summed E-state index contributed by atoms with van der Waals surface area (Å²) < 4.78 is 26.9. The van der Waals surface area contributed by atoms with E-state index in [2.05, 4.69) is 9.71 Å². The van der Waals surface area contributed by atoms with Crippen LogP contribution >= 0.6 is 12.4 Å². The van der Waals surface area contributed by atoms with Crippen molar-refractivity contribution < 1.29 is 13.2 Å². The molecule has 0 aromatic carbocycles. The van der Waals surface area contributed by atoms with E-state index in [1.165, 1.54) is 0 Å². The maximum atomic E-state index is 12.8. The lowest BCUT2D eigenvalue weighted by Gasteiger charge is -2.29. The smallest absolute Gasteiger partial charge is 0.256 e. The first kappa shape index (κ1) is 18.4. The highest BCUT2D eigenvalue weighted by atomic mass is 35.5. The van der Waals surface area contributed by atoms with Crippen molar-refractivity contribution in [1.82, 2.24) is 15.1 Å². The first-order valence-corrected chi connectivity index (χ1v) is 10.1. The van der Waals surface area contributed by atoms with E-state index in [1.54, 1.807) is 23.3 Å². The summed E-state index contributed by atoms with van der Waals surface area (Å²) in [6.45, 7) is 4.07. The third-order valence-electron chi connectivity index (χ3n) is 5.38. The Balaban J connectivity index is 0.00000182. The van der Waals surface area contributed by atoms with Gasteiger partial charge in [0.15, 0.2) is 0 Å². The van der Waals surface area contributed by atoms with Gasteiger partial charge in [-0.05, 0) is 49.9 Å². The predicted octanol–water partition coefficient (Wildman–Crippen LogP) is 0.364. The Labute approximate surface area is 154 Å². The molecule has 0 bridgehead atoms. The third kappa shape index (κ3) is 3.75. The number of carbonyl (C=O) groups excluding carboxylic acids is 1. The zero-order valence-electron chi connectivity index (χ0n) is 13.9. The largest absolute Gasteiger partial charge is 0.339 e. The van der Waals surface area contributed by atoms with Crippen LogP contribution in [0.4, 0.5) is 0 Å². The number of carbonyl (C=O) groups is 1. The normalized spacial score (nSPS) is 30.4. The fraction of sp³-hybridized carbons (Fsp3) is 0.625. The second kappa shape index (κ2) is 7.09. The lowest BCUT2D eigenvalue weighted by atomic mass is 9.92. The molecule has 0 spiro atoms. The van der Waals surface area contributed by atoms with E-state index in [-0.39, 0.29) is 24.1 Å². The molecule has 0 saturated carbocycles. The van der Waals surface area contributed by atoms with Crippen LogP contribution in [0, 0.1) is 11.8 Å². The molecule has 1 N–H and O–H groups in total. The fourth-order valence-electron chi connectivity index (χ4n) is 3.93. The summed E-state index contributed by atoms with van der Waals surface area (Å²) in [7, 11) is -3.36. The molecule has 0 aromatic rings. The molecule has 0 aliphatic carbocycles. The number of hydrogen-bond donors (Lipinski definition) is 1. The van der Waals surface area contributed by atoms with Gasteiger partial charge in [-0.3, -0.25) is 4.79 Å². The van der Waals surface area contributed by atoms with Crippen LogP contribution in [0.2, 0.25) is 0 Å². The van der Waals surface area contributed by atoms with Crippen molar-refractivity contribution in [3.05, 3.63) is 23.9 Å². The number of sulfonamides is 1. The molecule has 2 atom stereocenters. The van der Waals surface area contributed by atoms with E-state index in [1.807, 2.05) is 4.90 Å². The lowest BCUT2D eigenvalue weighted by molar-refractivity contribution is -0.126. The molecular weight excluding hydrogens is 364 g/mol. The van der Waals surface area contributed by atoms with E-state index in [0.29, 0.717) is 29.8 Å². The topological polar surface area (TPSA) is 82.1 Å². The highest BCUT2D eigenvalue weighted by Gasteiger charge is 2.32. The molecule has 138 valence electrons. The molecular formula is C16H23ClN4O3S. The predicted molar refractivity (Wildman–Crippen MR) is 98.1 cm³/mol. The van der Waals surface area contributed by atoms with E-state index in [9.17, 15) is 13.2 Å². The number of fused-ring (bicyclic) bond motifs is 2. The minimum atomic E-state index is -3.36. The Morgan fingerprint density at radius 2 is 1.80 bits per heavy atom. The summed E-state index contributed by atoms with van der Waals surface area (Å²) >= 11 is 0. The highest BCUT2D eigenvalue weighted by Crippen LogP contribution is 2.28. The summed E-state index contributed by atoms with van der Waals surface area (Å²) in [4.78, 5) is 16.5. The fourth-order valence-corrected chi connectivity index (χ4v) is 4.90. The SMILES string of the molecule is Cl.O=C(C1=CN2CCS(=O)(=O)N=C2C=C1)N1CC[C@@H]2CNC[C@@H]2CC1. The first-order chi connectivity index (χ1) is 11.5. The van der Waals surface area contributed by atoms with Crippen molar-refractivity contribution in [1.29, 1.82) is 0 Å². The van der Waals surface area contributed by atoms with Gasteiger partial charge >= 0.3 is 0 Å². The second-order valence-corrected chi connectivity index (χ2v) is 8.65. The summed E-state index contributed by atoms with van der Waals surface area (Å²) in [6, 6.07) is 0. The van der Waals surface area contributed by atoms with Crippen molar-refractivity contribution in [2.45, 2.75) is 12.8 Å². The van der Waals surface area contributed by atoms with Gasteiger partial charge in [-0.1, -0.05) is 0 Å². The Morgan fingerprint density at radius 1 is 1.12 bits per heavy atom. The third-order valence-corrected chi connectivity index (χ3v) is 6.54. The van der Waals surface area contributed by atoms with Gasteiger partial charge in [0.25, 0.3) is 15.9 Å². The number of halogens is 1. The Bertz CT molecular complexity index is 732. The number of rotatable bonds is 1. The molecule has 4 rings (SSSR count). The number of nitrogens with zero attached hydrogens (tertiary/aromatic N) is 3. The summed E-state index contributed by atoms with van der Waals surface area (Å²) in [6.07, 6.45) is 7.15. The molecule has 4 aliphatic rings. The minimum Gasteiger partial charge on any atom is -0.339 e. The summed E-state index contributed by atoms with van der Waals surface area (Å²) in [5, 5.41) is 3.44. The van der Waals surface area contributed by atoms with Gasteiger partial charge in [-0.25, -0.2) is 8.42 Å². The number of amidine groups is 1. The second-order valence-electron chi connectivity index (χ2n) is 6.89. The van der Waals surface area contributed by atoms with E-state index in [0.717, 1.165) is 39.0 Å². The quantitative estimate of drug-likeness (QED) is 0.703. The van der Waals surface area contributed by atoms with Crippen molar-refractivity contribution in [3.63, 3.8) is 0 Å². The average Bonchev–Trinajstić information content (AvgIpc) is 2.91. The van der Waals surface area contributed by atoms with Crippen molar-refractivity contribution in [2.75, 3.05) is 38.5 Å². The van der Waals surface area contributed by atoms with Gasteiger partial charge in [0.1, 0.15) is 5.84 Å². The molecule has 9 heteroatoms. The number of amides is 1. The Morgan fingerprint density at radius 3 is 2.48 bits per heavy atom. The molecule has 0 radical (unpaired) electrons. The van der Waals surface area contributed by atoms with Gasteiger partial charge < -0.3 is 15.1 Å². The maximum absolute atomic E-state index is 12.8. The molecule has 4 heterocycles. The van der Waals surface area contributed by atoms with Gasteiger partial charge in [0.05, 0.1) is 11.3 Å². The molecule has 25 heavy (non-hydrogen) atoms. The standard InChI is InChI=1S/C16H22N4O3S.ClH/c21-16(19-5-3-12-9-17-10-13(12)4-6-19)14-1-2-15-18-24(22,23)8-7-20(15)11-14;/h1-2,11-13,17H,3-10H2;1H/t12-,13+;. The van der Waals surface area contributed by atoms with E-state index < -0.39 is 10.0 Å². The van der Waals surface area contributed by atoms with Crippen LogP contribution in [0.15, 0.2) is 28.3 Å².